The summed E-state index contributed by atoms with van der Waals surface area (Å²) in [6.45, 7) is 8.78. The summed E-state index contributed by atoms with van der Waals surface area (Å²) in [7, 11) is 0. The molecule has 0 unspecified atom stereocenters. The number of rotatable bonds is 8. The number of allylic oxidation sites excluding steroid dienone is 5. The molecule has 0 bridgehead atoms. The Labute approximate surface area is 214 Å². The number of nitrogens with one attached hydrogen (secondary N) is 1. The van der Waals surface area contributed by atoms with Crippen LogP contribution in [0.1, 0.15) is 53.0 Å². The zero-order valence-electron chi connectivity index (χ0n) is 20.9. The van der Waals surface area contributed by atoms with E-state index in [-0.39, 0.29) is 29.3 Å². The first-order valence-electron chi connectivity index (χ1n) is 12.1. The monoisotopic (exact) mass is 505 g/mol. The van der Waals surface area contributed by atoms with Crippen molar-refractivity contribution >= 4 is 17.3 Å². The van der Waals surface area contributed by atoms with Crippen molar-refractivity contribution in [1.29, 1.82) is 0 Å². The van der Waals surface area contributed by atoms with E-state index < -0.39 is 0 Å². The molecule has 7 nitrogen and oxygen atoms in total. The quantitative estimate of drug-likeness (QED) is 0.416. The van der Waals surface area contributed by atoms with Crippen molar-refractivity contribution in [2.75, 3.05) is 18.0 Å². The second-order valence-corrected chi connectivity index (χ2v) is 8.92. The summed E-state index contributed by atoms with van der Waals surface area (Å²) in [5.41, 5.74) is 2.89. The maximum atomic E-state index is 13.7. The Balaban J connectivity index is 1.49. The van der Waals surface area contributed by atoms with Gasteiger partial charge in [0.15, 0.2) is 5.69 Å². The SMILES string of the molecule is C=C(/C=C\C(F)=C/C)c1nc(N2CCC(NC(=O)c3cc(C)on3)CC2)cnc1Cc1ccc(F)cc1. The number of halogens is 2. The predicted molar refractivity (Wildman–Crippen MR) is 138 cm³/mol. The third kappa shape index (κ3) is 6.75. The molecule has 0 saturated carbocycles. The summed E-state index contributed by atoms with van der Waals surface area (Å²) in [6, 6.07) is 7.82. The second-order valence-electron chi connectivity index (χ2n) is 8.92. The summed E-state index contributed by atoms with van der Waals surface area (Å²) in [5.74, 6) is 0.322. The maximum absolute atomic E-state index is 13.7. The first-order valence-corrected chi connectivity index (χ1v) is 12.1. The van der Waals surface area contributed by atoms with Crippen LogP contribution in [0.25, 0.3) is 5.57 Å². The highest BCUT2D eigenvalue weighted by atomic mass is 19.1. The topological polar surface area (TPSA) is 84.2 Å². The largest absolute Gasteiger partial charge is 0.361 e. The fraction of sp³-hybridized carbons (Fsp3) is 0.286. The van der Waals surface area contributed by atoms with Gasteiger partial charge in [0, 0.05) is 31.6 Å². The average Bonchev–Trinajstić information content (AvgIpc) is 3.35. The Morgan fingerprint density at radius 3 is 2.62 bits per heavy atom. The van der Waals surface area contributed by atoms with Crippen LogP contribution < -0.4 is 10.2 Å². The van der Waals surface area contributed by atoms with Crippen molar-refractivity contribution in [3.8, 4) is 0 Å². The second kappa shape index (κ2) is 11.7. The number of amides is 1. The third-order valence-electron chi connectivity index (χ3n) is 6.16. The lowest BCUT2D eigenvalue weighted by Crippen LogP contribution is -2.45. The van der Waals surface area contributed by atoms with E-state index in [4.69, 9.17) is 9.51 Å². The van der Waals surface area contributed by atoms with Gasteiger partial charge < -0.3 is 14.7 Å². The van der Waals surface area contributed by atoms with Crippen LogP contribution in [0.2, 0.25) is 0 Å². The van der Waals surface area contributed by atoms with E-state index in [9.17, 15) is 13.6 Å². The normalized spacial score (nSPS) is 14.8. The average molecular weight is 506 g/mol. The van der Waals surface area contributed by atoms with Crippen LogP contribution in [0.3, 0.4) is 0 Å². The first-order chi connectivity index (χ1) is 17.8. The molecule has 2 aromatic heterocycles. The van der Waals surface area contributed by atoms with Gasteiger partial charge in [0.25, 0.3) is 5.91 Å². The van der Waals surface area contributed by atoms with Crippen LogP contribution in [0.15, 0.2) is 71.7 Å². The van der Waals surface area contributed by atoms with E-state index in [1.165, 1.54) is 24.3 Å². The molecular formula is C28H29F2N5O2. The Hall–Kier alpha value is -4.14. The molecule has 0 spiro atoms. The first kappa shape index (κ1) is 25.9. The third-order valence-corrected chi connectivity index (χ3v) is 6.16. The molecule has 1 amide bonds. The van der Waals surface area contributed by atoms with Crippen molar-refractivity contribution in [2.45, 2.75) is 39.2 Å². The van der Waals surface area contributed by atoms with E-state index in [0.29, 0.717) is 48.0 Å². The molecule has 192 valence electrons. The van der Waals surface area contributed by atoms with Gasteiger partial charge in [0.2, 0.25) is 0 Å². The molecule has 1 aliphatic heterocycles. The highest BCUT2D eigenvalue weighted by Crippen LogP contribution is 2.25. The van der Waals surface area contributed by atoms with Gasteiger partial charge in [0.1, 0.15) is 23.2 Å². The standard InChI is InChI=1S/C28H29F2N5O2/c1-4-21(29)8-5-18(2)27-24(16-20-6-9-22(30)10-7-20)31-17-26(33-27)35-13-11-23(12-14-35)32-28(36)25-15-19(3)37-34-25/h4-10,15,17,23H,2,11-14,16H2,1,3H3,(H,32,36)/b8-5-,21-4+. The summed E-state index contributed by atoms with van der Waals surface area (Å²) in [6.07, 6.45) is 7.86. The number of carbonyl (C=O) groups is 1. The van der Waals surface area contributed by atoms with Gasteiger partial charge in [-0.2, -0.15) is 0 Å². The number of aromatic nitrogens is 3. The number of nitrogens with zero attached hydrogens (tertiary/aromatic N) is 4. The number of hydrogen-bond donors (Lipinski definition) is 1. The van der Waals surface area contributed by atoms with E-state index in [1.54, 1.807) is 44.3 Å². The van der Waals surface area contributed by atoms with Gasteiger partial charge in [-0.3, -0.25) is 9.78 Å². The lowest BCUT2D eigenvalue weighted by atomic mass is 10.0. The van der Waals surface area contributed by atoms with Crippen LogP contribution >= 0.6 is 0 Å². The van der Waals surface area contributed by atoms with Crippen LogP contribution in [0, 0.1) is 12.7 Å². The zero-order valence-corrected chi connectivity index (χ0v) is 20.9. The Bertz CT molecular complexity index is 1320. The molecule has 1 aromatic carbocycles. The number of aryl methyl sites for hydroxylation is 1. The number of hydrogen-bond acceptors (Lipinski definition) is 6. The van der Waals surface area contributed by atoms with Crippen molar-refractivity contribution in [3.05, 3.63) is 101 Å². The van der Waals surface area contributed by atoms with Crippen LogP contribution in [0.4, 0.5) is 14.6 Å². The molecule has 0 aliphatic carbocycles. The Morgan fingerprint density at radius 2 is 1.97 bits per heavy atom. The molecule has 37 heavy (non-hydrogen) atoms. The molecule has 1 fully saturated rings. The van der Waals surface area contributed by atoms with Crippen molar-refractivity contribution in [1.82, 2.24) is 20.4 Å². The molecule has 9 heteroatoms. The molecular weight excluding hydrogens is 476 g/mol. The predicted octanol–water partition coefficient (Wildman–Crippen LogP) is 5.34. The Morgan fingerprint density at radius 1 is 1.24 bits per heavy atom. The van der Waals surface area contributed by atoms with Gasteiger partial charge in [-0.1, -0.05) is 36.0 Å². The van der Waals surface area contributed by atoms with E-state index >= 15 is 0 Å². The smallest absolute Gasteiger partial charge is 0.273 e. The molecule has 4 rings (SSSR count). The lowest BCUT2D eigenvalue weighted by molar-refractivity contribution is 0.0922. The number of anilines is 1. The van der Waals surface area contributed by atoms with Gasteiger partial charge >= 0.3 is 0 Å². The van der Waals surface area contributed by atoms with Crippen LogP contribution in [-0.2, 0) is 6.42 Å². The van der Waals surface area contributed by atoms with Crippen molar-refractivity contribution in [2.24, 2.45) is 0 Å². The molecule has 3 aromatic rings. The van der Waals surface area contributed by atoms with Crippen molar-refractivity contribution < 1.29 is 18.1 Å². The number of benzene rings is 1. The minimum Gasteiger partial charge on any atom is -0.361 e. The van der Waals surface area contributed by atoms with Gasteiger partial charge in [-0.25, -0.2) is 13.8 Å². The fourth-order valence-electron chi connectivity index (χ4n) is 4.08. The minimum absolute atomic E-state index is 0.00707. The summed E-state index contributed by atoms with van der Waals surface area (Å²) in [5, 5.41) is 6.78. The molecule has 0 atom stereocenters. The fourth-order valence-corrected chi connectivity index (χ4v) is 4.08. The summed E-state index contributed by atoms with van der Waals surface area (Å²) in [4.78, 5) is 24.0. The molecule has 0 radical (unpaired) electrons. The minimum atomic E-state index is -0.379. The van der Waals surface area contributed by atoms with E-state index in [0.717, 1.165) is 18.4 Å². The van der Waals surface area contributed by atoms with Crippen LogP contribution in [-0.4, -0.2) is 40.2 Å². The number of carbonyl (C=O) groups excluding carboxylic acids is 1. The summed E-state index contributed by atoms with van der Waals surface area (Å²) >= 11 is 0. The van der Waals surface area contributed by atoms with E-state index in [2.05, 4.69) is 26.9 Å². The molecule has 3 heterocycles. The highest BCUT2D eigenvalue weighted by molar-refractivity contribution is 5.92. The van der Waals surface area contributed by atoms with Crippen LogP contribution in [0.5, 0.6) is 0 Å². The molecule has 1 saturated heterocycles. The summed E-state index contributed by atoms with van der Waals surface area (Å²) < 4.78 is 32.1. The van der Waals surface area contributed by atoms with E-state index in [1.807, 2.05) is 0 Å². The number of piperidine rings is 1. The van der Waals surface area contributed by atoms with Gasteiger partial charge in [0.05, 0.1) is 17.6 Å². The molecule has 1 N–H and O–H groups in total. The van der Waals surface area contributed by atoms with Crippen molar-refractivity contribution in [3.63, 3.8) is 0 Å². The van der Waals surface area contributed by atoms with Gasteiger partial charge in [-0.05, 0) is 56.0 Å². The highest BCUT2D eigenvalue weighted by Gasteiger charge is 2.24. The molecule has 1 aliphatic rings. The maximum Gasteiger partial charge on any atom is 0.273 e. The lowest BCUT2D eigenvalue weighted by Gasteiger charge is -2.33. The Kier molecular flexibility index (Phi) is 8.22. The van der Waals surface area contributed by atoms with Gasteiger partial charge in [-0.15, -0.1) is 0 Å². The zero-order chi connectivity index (χ0) is 26.4.